The molecule has 1 aromatic heterocycles. The van der Waals surface area contributed by atoms with Gasteiger partial charge in [-0.25, -0.2) is 14.3 Å². The van der Waals surface area contributed by atoms with Gasteiger partial charge in [-0.2, -0.15) is 5.10 Å². The molecule has 0 aliphatic heterocycles. The zero-order valence-electron chi connectivity index (χ0n) is 17.5. The fourth-order valence-electron chi connectivity index (χ4n) is 3.29. The third-order valence-corrected chi connectivity index (χ3v) is 4.74. The van der Waals surface area contributed by atoms with E-state index in [9.17, 15) is 9.59 Å². The summed E-state index contributed by atoms with van der Waals surface area (Å²) in [7, 11) is 2.50. The third kappa shape index (κ3) is 4.09. The number of rotatable bonds is 6. The van der Waals surface area contributed by atoms with Crippen molar-refractivity contribution < 1.29 is 23.8 Å². The maximum Gasteiger partial charge on any atom is 0.357 e. The lowest BCUT2D eigenvalue weighted by molar-refractivity contribution is 0.0549. The Morgan fingerprint density at radius 3 is 2.03 bits per heavy atom. The van der Waals surface area contributed by atoms with Gasteiger partial charge < -0.3 is 14.2 Å². The monoisotopic (exact) mass is 428 g/mol. The molecule has 0 saturated heterocycles. The van der Waals surface area contributed by atoms with E-state index in [1.54, 1.807) is 36.4 Å². The first-order chi connectivity index (χ1) is 15.6. The van der Waals surface area contributed by atoms with E-state index >= 15 is 0 Å². The fraction of sp³-hybridized carbons (Fsp3) is 0.0800. The molecule has 7 nitrogen and oxygen atoms in total. The average molecular weight is 428 g/mol. The van der Waals surface area contributed by atoms with E-state index in [-0.39, 0.29) is 17.0 Å². The Hall–Kier alpha value is -4.39. The maximum absolute atomic E-state index is 12.8. The molecular weight excluding hydrogens is 408 g/mol. The van der Waals surface area contributed by atoms with Crippen LogP contribution in [0.4, 0.5) is 0 Å². The number of ether oxygens (including phenoxy) is 3. The van der Waals surface area contributed by atoms with Crippen LogP contribution in [-0.4, -0.2) is 35.9 Å². The number of para-hydroxylation sites is 2. The lowest BCUT2D eigenvalue weighted by Crippen LogP contribution is -2.15. The molecule has 0 amide bonds. The number of hydrogen-bond acceptors (Lipinski definition) is 6. The quantitative estimate of drug-likeness (QED) is 0.406. The Morgan fingerprint density at radius 1 is 0.750 bits per heavy atom. The van der Waals surface area contributed by atoms with Gasteiger partial charge in [-0.3, -0.25) is 0 Å². The minimum absolute atomic E-state index is 0.0139. The molecule has 0 bridgehead atoms. The number of esters is 2. The molecule has 3 aromatic carbocycles. The standard InChI is InChI=1S/C25H20N2O5/c1-30-24(28)21-22(17-10-9-15-20(16-17)32-19-13-7-4-8-14-19)26-27(23(21)25(29)31-2)18-11-5-3-6-12-18/h3-16H,1-2H3. The predicted octanol–water partition coefficient (Wildman–Crippen LogP) is 4.90. The first-order valence-electron chi connectivity index (χ1n) is 9.80. The summed E-state index contributed by atoms with van der Waals surface area (Å²) >= 11 is 0. The van der Waals surface area contributed by atoms with Crippen molar-refractivity contribution in [3.05, 3.63) is 96.2 Å². The van der Waals surface area contributed by atoms with Crippen LogP contribution < -0.4 is 4.74 Å². The van der Waals surface area contributed by atoms with Crippen LogP contribution in [0.5, 0.6) is 11.5 Å². The van der Waals surface area contributed by atoms with E-state index in [1.165, 1.54) is 18.9 Å². The molecule has 0 atom stereocenters. The highest BCUT2D eigenvalue weighted by atomic mass is 16.5. The summed E-state index contributed by atoms with van der Waals surface area (Å²) in [5.74, 6) is -0.178. The van der Waals surface area contributed by atoms with Gasteiger partial charge in [0, 0.05) is 5.56 Å². The summed E-state index contributed by atoms with van der Waals surface area (Å²) in [5, 5.41) is 4.60. The molecule has 0 unspecified atom stereocenters. The SMILES string of the molecule is COC(=O)c1c(-c2cccc(Oc3ccccc3)c2)nn(-c2ccccc2)c1C(=O)OC. The van der Waals surface area contributed by atoms with Crippen molar-refractivity contribution >= 4 is 11.9 Å². The summed E-state index contributed by atoms with van der Waals surface area (Å²) in [4.78, 5) is 25.4. The number of carbonyl (C=O) groups is 2. The van der Waals surface area contributed by atoms with Crippen molar-refractivity contribution in [2.75, 3.05) is 14.2 Å². The lowest BCUT2D eigenvalue weighted by atomic mass is 10.1. The van der Waals surface area contributed by atoms with Crippen molar-refractivity contribution in [2.24, 2.45) is 0 Å². The summed E-state index contributed by atoms with van der Waals surface area (Å²) in [6.07, 6.45) is 0. The molecule has 0 radical (unpaired) electrons. The molecule has 0 aliphatic rings. The molecule has 1 heterocycles. The van der Waals surface area contributed by atoms with Crippen LogP contribution in [0.3, 0.4) is 0 Å². The zero-order valence-corrected chi connectivity index (χ0v) is 17.5. The van der Waals surface area contributed by atoms with Gasteiger partial charge in [-0.15, -0.1) is 0 Å². The topological polar surface area (TPSA) is 79.7 Å². The molecule has 0 fully saturated rings. The highest BCUT2D eigenvalue weighted by molar-refractivity contribution is 6.06. The van der Waals surface area contributed by atoms with Gasteiger partial charge in [0.15, 0.2) is 5.69 Å². The molecule has 0 aliphatic carbocycles. The van der Waals surface area contributed by atoms with E-state index in [0.29, 0.717) is 22.7 Å². The summed E-state index contributed by atoms with van der Waals surface area (Å²) < 4.78 is 17.2. The highest BCUT2D eigenvalue weighted by Gasteiger charge is 2.31. The Labute approximate surface area is 184 Å². The molecular formula is C25H20N2O5. The number of benzene rings is 3. The molecule has 0 N–H and O–H groups in total. The Kier molecular flexibility index (Phi) is 5.98. The molecule has 160 valence electrons. The number of carbonyl (C=O) groups excluding carboxylic acids is 2. The van der Waals surface area contributed by atoms with Gasteiger partial charge in [0.1, 0.15) is 22.8 Å². The summed E-state index contributed by atoms with van der Waals surface area (Å²) in [6, 6.07) is 25.5. The second-order valence-electron chi connectivity index (χ2n) is 6.75. The second-order valence-corrected chi connectivity index (χ2v) is 6.75. The number of hydrogen-bond donors (Lipinski definition) is 0. The van der Waals surface area contributed by atoms with Crippen LogP contribution in [0.2, 0.25) is 0 Å². The minimum Gasteiger partial charge on any atom is -0.465 e. The van der Waals surface area contributed by atoms with Crippen molar-refractivity contribution in [3.8, 4) is 28.4 Å². The first-order valence-corrected chi connectivity index (χ1v) is 9.80. The molecule has 0 spiro atoms. The number of methoxy groups -OCH3 is 2. The Balaban J connectivity index is 1.89. The first kappa shape index (κ1) is 20.9. The van der Waals surface area contributed by atoms with E-state index in [2.05, 4.69) is 5.10 Å². The molecule has 4 rings (SSSR count). The molecule has 4 aromatic rings. The number of aromatic nitrogens is 2. The van der Waals surface area contributed by atoms with Crippen LogP contribution in [0, 0.1) is 0 Å². The van der Waals surface area contributed by atoms with Gasteiger partial charge >= 0.3 is 11.9 Å². The third-order valence-electron chi connectivity index (χ3n) is 4.74. The van der Waals surface area contributed by atoms with Gasteiger partial charge in [-0.1, -0.05) is 48.5 Å². The van der Waals surface area contributed by atoms with E-state index in [0.717, 1.165) is 0 Å². The smallest absolute Gasteiger partial charge is 0.357 e. The van der Waals surface area contributed by atoms with Crippen LogP contribution >= 0.6 is 0 Å². The predicted molar refractivity (Wildman–Crippen MR) is 118 cm³/mol. The Morgan fingerprint density at radius 2 is 1.38 bits per heavy atom. The van der Waals surface area contributed by atoms with Gasteiger partial charge in [0.05, 0.1) is 19.9 Å². The van der Waals surface area contributed by atoms with Crippen LogP contribution in [0.1, 0.15) is 20.8 Å². The van der Waals surface area contributed by atoms with E-state index in [4.69, 9.17) is 14.2 Å². The zero-order chi connectivity index (χ0) is 22.5. The second kappa shape index (κ2) is 9.18. The fourth-order valence-corrected chi connectivity index (χ4v) is 3.29. The van der Waals surface area contributed by atoms with Gasteiger partial charge in [0.2, 0.25) is 0 Å². The average Bonchev–Trinajstić information content (AvgIpc) is 3.25. The van der Waals surface area contributed by atoms with Crippen molar-refractivity contribution in [1.29, 1.82) is 0 Å². The van der Waals surface area contributed by atoms with E-state index in [1.807, 2.05) is 48.5 Å². The van der Waals surface area contributed by atoms with Gasteiger partial charge in [-0.05, 0) is 36.4 Å². The molecule has 0 saturated carbocycles. The highest BCUT2D eigenvalue weighted by Crippen LogP contribution is 2.32. The van der Waals surface area contributed by atoms with Crippen molar-refractivity contribution in [3.63, 3.8) is 0 Å². The largest absolute Gasteiger partial charge is 0.465 e. The Bertz CT molecular complexity index is 1250. The molecule has 7 heteroatoms. The van der Waals surface area contributed by atoms with E-state index < -0.39 is 11.9 Å². The summed E-state index contributed by atoms with van der Waals surface area (Å²) in [6.45, 7) is 0. The minimum atomic E-state index is -0.704. The lowest BCUT2D eigenvalue weighted by Gasteiger charge is -2.08. The van der Waals surface area contributed by atoms with Crippen molar-refractivity contribution in [1.82, 2.24) is 9.78 Å². The van der Waals surface area contributed by atoms with Crippen LogP contribution in [0.15, 0.2) is 84.9 Å². The van der Waals surface area contributed by atoms with Crippen molar-refractivity contribution in [2.45, 2.75) is 0 Å². The van der Waals surface area contributed by atoms with Crippen LogP contribution in [0.25, 0.3) is 16.9 Å². The maximum atomic E-state index is 12.8. The normalized spacial score (nSPS) is 10.4. The molecule has 32 heavy (non-hydrogen) atoms. The summed E-state index contributed by atoms with van der Waals surface area (Å²) in [5.41, 5.74) is 1.45. The number of nitrogens with zero attached hydrogens (tertiary/aromatic N) is 2. The van der Waals surface area contributed by atoms with Crippen LogP contribution in [-0.2, 0) is 9.47 Å². The van der Waals surface area contributed by atoms with Gasteiger partial charge in [0.25, 0.3) is 0 Å².